The standard InChI is InChI=1S/C21H33BrO3/c1-13-10-14(24)11-20(22)9-4-15-16-6-8-19(3,25)18(16,2)7-5-17(15)21(13,20)12-23/h13,15-17,23,25H,4-12H2,1-3H3/t13-,15+,16+,17+,18+,19+,20-,21-/m1/s1. The van der Waals surface area contributed by atoms with Crippen molar-refractivity contribution in [3.05, 3.63) is 0 Å². The molecule has 0 aliphatic heterocycles. The van der Waals surface area contributed by atoms with Crippen LogP contribution in [-0.4, -0.2) is 32.5 Å². The molecule has 0 aromatic rings. The molecular weight excluding hydrogens is 380 g/mol. The SMILES string of the molecule is C[C@@H]1CC(=O)C[C@]2(Br)CC[C@@H]3[C@H](CC[C@@]4(C)[C@H]3CC[C@]4(C)O)[C@@]12CO. The molecular formula is C21H33BrO3. The average Bonchev–Trinajstić information content (AvgIpc) is 2.76. The van der Waals surface area contributed by atoms with E-state index in [0.717, 1.165) is 38.5 Å². The molecule has 0 bridgehead atoms. The Kier molecular flexibility index (Phi) is 4.09. The smallest absolute Gasteiger partial charge is 0.134 e. The van der Waals surface area contributed by atoms with E-state index < -0.39 is 5.60 Å². The van der Waals surface area contributed by atoms with Gasteiger partial charge in [0.2, 0.25) is 0 Å². The first kappa shape index (κ1) is 18.4. The first-order chi connectivity index (χ1) is 11.6. The van der Waals surface area contributed by atoms with Crippen LogP contribution in [0.25, 0.3) is 0 Å². The van der Waals surface area contributed by atoms with Gasteiger partial charge in [0.25, 0.3) is 0 Å². The van der Waals surface area contributed by atoms with Crippen molar-refractivity contribution in [1.82, 2.24) is 0 Å². The third-order valence-electron chi connectivity index (χ3n) is 9.52. The van der Waals surface area contributed by atoms with E-state index in [1.165, 1.54) is 0 Å². The monoisotopic (exact) mass is 412 g/mol. The zero-order valence-corrected chi connectivity index (χ0v) is 17.4. The van der Waals surface area contributed by atoms with E-state index in [-0.39, 0.29) is 27.7 Å². The van der Waals surface area contributed by atoms with Crippen LogP contribution in [-0.2, 0) is 4.79 Å². The topological polar surface area (TPSA) is 57.5 Å². The highest BCUT2D eigenvalue weighted by Gasteiger charge is 2.69. The summed E-state index contributed by atoms with van der Waals surface area (Å²) >= 11 is 4.01. The van der Waals surface area contributed by atoms with Gasteiger partial charge in [-0.1, -0.05) is 29.8 Å². The minimum atomic E-state index is -0.563. The van der Waals surface area contributed by atoms with Crippen molar-refractivity contribution in [3.63, 3.8) is 0 Å². The van der Waals surface area contributed by atoms with E-state index >= 15 is 0 Å². The van der Waals surface area contributed by atoms with Crippen LogP contribution in [0.4, 0.5) is 0 Å². The number of Topliss-reactive ketones (excluding diaryl/α,β-unsaturated/α-hetero) is 1. The number of halogens is 1. The van der Waals surface area contributed by atoms with E-state index in [4.69, 9.17) is 0 Å². The van der Waals surface area contributed by atoms with Crippen LogP contribution in [0.2, 0.25) is 0 Å². The number of hydrogen-bond acceptors (Lipinski definition) is 3. The Morgan fingerprint density at radius 3 is 2.48 bits per heavy atom. The molecule has 0 saturated heterocycles. The predicted octanol–water partition coefficient (Wildman–Crippen LogP) is 4.09. The van der Waals surface area contributed by atoms with Crippen molar-refractivity contribution in [2.24, 2.45) is 34.5 Å². The zero-order valence-electron chi connectivity index (χ0n) is 15.9. The van der Waals surface area contributed by atoms with Crippen LogP contribution < -0.4 is 0 Å². The normalized spacial score (nSPS) is 58.4. The summed E-state index contributed by atoms with van der Waals surface area (Å²) in [6.45, 7) is 6.70. The van der Waals surface area contributed by atoms with Crippen LogP contribution in [0.1, 0.15) is 72.1 Å². The van der Waals surface area contributed by atoms with E-state index in [0.29, 0.717) is 36.4 Å². The lowest BCUT2D eigenvalue weighted by Gasteiger charge is -2.66. The molecule has 4 fully saturated rings. The lowest BCUT2D eigenvalue weighted by atomic mass is 9.42. The summed E-state index contributed by atoms with van der Waals surface area (Å²) in [5.74, 6) is 2.14. The van der Waals surface area contributed by atoms with Gasteiger partial charge in [-0.15, -0.1) is 0 Å². The molecule has 0 aromatic carbocycles. The maximum Gasteiger partial charge on any atom is 0.134 e. The van der Waals surface area contributed by atoms with Crippen LogP contribution in [0, 0.1) is 34.5 Å². The first-order valence-corrected chi connectivity index (χ1v) is 10.9. The van der Waals surface area contributed by atoms with Crippen LogP contribution >= 0.6 is 15.9 Å². The summed E-state index contributed by atoms with van der Waals surface area (Å²) in [5.41, 5.74) is -0.753. The fourth-order valence-electron chi connectivity index (χ4n) is 7.92. The molecule has 4 saturated carbocycles. The van der Waals surface area contributed by atoms with Crippen molar-refractivity contribution >= 4 is 21.7 Å². The molecule has 0 aromatic heterocycles. The summed E-state index contributed by atoms with van der Waals surface area (Å²) in [4.78, 5) is 12.3. The molecule has 0 heterocycles. The van der Waals surface area contributed by atoms with Crippen LogP contribution in [0.3, 0.4) is 0 Å². The molecule has 2 N–H and O–H groups in total. The predicted molar refractivity (Wildman–Crippen MR) is 101 cm³/mol. The molecule has 142 valence electrons. The van der Waals surface area contributed by atoms with Gasteiger partial charge < -0.3 is 10.2 Å². The Balaban J connectivity index is 1.75. The Bertz CT molecular complexity index is 590. The first-order valence-electron chi connectivity index (χ1n) is 10.2. The Labute approximate surface area is 160 Å². The highest BCUT2D eigenvalue weighted by atomic mass is 79.9. The molecule has 4 heteroatoms. The highest BCUT2D eigenvalue weighted by Crippen LogP contribution is 2.71. The van der Waals surface area contributed by atoms with Crippen LogP contribution in [0.5, 0.6) is 0 Å². The number of rotatable bonds is 1. The highest BCUT2D eigenvalue weighted by molar-refractivity contribution is 9.10. The van der Waals surface area contributed by atoms with Gasteiger partial charge >= 0.3 is 0 Å². The van der Waals surface area contributed by atoms with Crippen molar-refractivity contribution in [3.8, 4) is 0 Å². The molecule has 4 rings (SSSR count). The van der Waals surface area contributed by atoms with Crippen molar-refractivity contribution in [1.29, 1.82) is 0 Å². The van der Waals surface area contributed by atoms with Crippen molar-refractivity contribution in [2.45, 2.75) is 82.1 Å². The average molecular weight is 413 g/mol. The molecule has 8 atom stereocenters. The summed E-state index contributed by atoms with van der Waals surface area (Å²) in [6.07, 6.45) is 7.38. The second kappa shape index (κ2) is 5.54. The van der Waals surface area contributed by atoms with E-state index in [1.807, 2.05) is 6.92 Å². The van der Waals surface area contributed by atoms with E-state index in [1.54, 1.807) is 0 Å². The second-order valence-corrected chi connectivity index (χ2v) is 11.7. The fraction of sp³-hybridized carbons (Fsp3) is 0.952. The Hall–Kier alpha value is 0.0700. The maximum atomic E-state index is 12.3. The number of carbonyl (C=O) groups is 1. The van der Waals surface area contributed by atoms with Crippen LogP contribution in [0.15, 0.2) is 0 Å². The number of fused-ring (bicyclic) bond motifs is 5. The minimum Gasteiger partial charge on any atom is -0.396 e. The zero-order chi connectivity index (χ0) is 18.3. The Morgan fingerprint density at radius 2 is 1.80 bits per heavy atom. The van der Waals surface area contributed by atoms with Gasteiger partial charge in [-0.2, -0.15) is 0 Å². The van der Waals surface area contributed by atoms with Crippen molar-refractivity contribution < 1.29 is 15.0 Å². The number of aliphatic hydroxyl groups excluding tert-OH is 1. The molecule has 25 heavy (non-hydrogen) atoms. The third kappa shape index (κ3) is 2.14. The fourth-order valence-corrected chi connectivity index (χ4v) is 9.27. The Morgan fingerprint density at radius 1 is 1.12 bits per heavy atom. The van der Waals surface area contributed by atoms with Gasteiger partial charge in [-0.05, 0) is 74.5 Å². The number of aliphatic hydroxyl groups is 2. The second-order valence-electron chi connectivity index (χ2n) is 10.2. The molecule has 3 nitrogen and oxygen atoms in total. The largest absolute Gasteiger partial charge is 0.396 e. The number of ketones is 1. The van der Waals surface area contributed by atoms with E-state index in [2.05, 4.69) is 29.8 Å². The van der Waals surface area contributed by atoms with Gasteiger partial charge in [0.15, 0.2) is 0 Å². The summed E-state index contributed by atoms with van der Waals surface area (Å²) in [5, 5.41) is 21.7. The van der Waals surface area contributed by atoms with Gasteiger partial charge in [0, 0.05) is 22.6 Å². The molecule has 4 aliphatic rings. The maximum absolute atomic E-state index is 12.3. The van der Waals surface area contributed by atoms with Gasteiger partial charge in [0.05, 0.1) is 12.2 Å². The molecule has 0 radical (unpaired) electrons. The number of carbonyl (C=O) groups excluding carboxylic acids is 1. The van der Waals surface area contributed by atoms with Crippen molar-refractivity contribution in [2.75, 3.05) is 6.61 Å². The van der Waals surface area contributed by atoms with Gasteiger partial charge in [-0.3, -0.25) is 4.79 Å². The summed E-state index contributed by atoms with van der Waals surface area (Å²) in [6, 6.07) is 0. The quantitative estimate of drug-likeness (QED) is 0.637. The lowest BCUT2D eigenvalue weighted by molar-refractivity contribution is -0.172. The summed E-state index contributed by atoms with van der Waals surface area (Å²) in [7, 11) is 0. The molecule has 4 aliphatic carbocycles. The lowest BCUT2D eigenvalue weighted by Crippen LogP contribution is -2.66. The number of alkyl halides is 1. The molecule has 0 unspecified atom stereocenters. The minimum absolute atomic E-state index is 0.00481. The van der Waals surface area contributed by atoms with Gasteiger partial charge in [-0.25, -0.2) is 0 Å². The third-order valence-corrected chi connectivity index (χ3v) is 10.9. The summed E-state index contributed by atoms with van der Waals surface area (Å²) < 4.78 is -0.237. The molecule has 0 spiro atoms. The van der Waals surface area contributed by atoms with Gasteiger partial charge in [0.1, 0.15) is 5.78 Å². The molecule has 0 amide bonds. The number of hydrogen-bond donors (Lipinski definition) is 2. The van der Waals surface area contributed by atoms with E-state index in [9.17, 15) is 15.0 Å².